The third kappa shape index (κ3) is 7.49. The van der Waals surface area contributed by atoms with Gasteiger partial charge in [-0.1, -0.05) is 39.8 Å². The van der Waals surface area contributed by atoms with Crippen LogP contribution in [-0.4, -0.2) is 97.7 Å². The van der Waals surface area contributed by atoms with Crippen molar-refractivity contribution in [2.24, 2.45) is 11.8 Å². The van der Waals surface area contributed by atoms with Gasteiger partial charge in [0, 0.05) is 41.3 Å². The Kier molecular flexibility index (Phi) is 11.2. The van der Waals surface area contributed by atoms with Crippen LogP contribution in [0.1, 0.15) is 77.1 Å². The van der Waals surface area contributed by atoms with Crippen LogP contribution in [0.25, 0.3) is 38.4 Å². The van der Waals surface area contributed by atoms with Gasteiger partial charge in [0.25, 0.3) is 0 Å². The number of thiophene rings is 1. The molecule has 0 spiro atoms. The number of ether oxygens (including phenoxy) is 2. The molecule has 2 aliphatic heterocycles. The summed E-state index contributed by atoms with van der Waals surface area (Å²) in [7, 11) is 2.58. The van der Waals surface area contributed by atoms with Crippen LogP contribution in [0.5, 0.6) is 0 Å². The van der Waals surface area contributed by atoms with E-state index in [0.29, 0.717) is 13.1 Å². The minimum atomic E-state index is -0.693. The number of likely N-dealkylation sites (tertiary alicyclic amines) is 2. The first-order valence-electron chi connectivity index (χ1n) is 19.1. The summed E-state index contributed by atoms with van der Waals surface area (Å²) in [6, 6.07) is 8.55. The van der Waals surface area contributed by atoms with Crippen LogP contribution in [-0.2, 0) is 19.1 Å². The van der Waals surface area contributed by atoms with Crippen molar-refractivity contribution < 1.29 is 28.7 Å². The molecule has 296 valence electrons. The lowest BCUT2D eigenvalue weighted by atomic mass is 10.0. The van der Waals surface area contributed by atoms with E-state index in [1.807, 2.05) is 43.7 Å². The van der Waals surface area contributed by atoms with Crippen molar-refractivity contribution in [3.8, 4) is 28.2 Å². The number of imidazole rings is 2. The minimum Gasteiger partial charge on any atom is -0.453 e. The molecule has 2 fully saturated rings. The number of hydrogen-bond donors (Lipinski definition) is 4. The van der Waals surface area contributed by atoms with Crippen LogP contribution in [0.3, 0.4) is 0 Å². The molecule has 4 amide bonds. The highest BCUT2D eigenvalue weighted by Gasteiger charge is 2.39. The van der Waals surface area contributed by atoms with Crippen molar-refractivity contribution >= 4 is 45.6 Å². The van der Waals surface area contributed by atoms with Crippen molar-refractivity contribution in [2.75, 3.05) is 27.3 Å². The number of rotatable bonds is 11. The predicted octanol–water partition coefficient (Wildman–Crippen LogP) is 6.56. The topological polar surface area (TPSA) is 180 Å². The quantitative estimate of drug-likeness (QED) is 0.116. The molecule has 56 heavy (non-hydrogen) atoms. The Morgan fingerprint density at radius 1 is 0.768 bits per heavy atom. The van der Waals surface area contributed by atoms with E-state index >= 15 is 0 Å². The van der Waals surface area contributed by atoms with Gasteiger partial charge in [0.05, 0.1) is 50.1 Å². The fraction of sp³-hybridized carbons (Fsp3) is 0.450. The maximum atomic E-state index is 13.6. The van der Waals surface area contributed by atoms with Gasteiger partial charge in [-0.25, -0.2) is 19.6 Å². The first kappa shape index (κ1) is 38.6. The van der Waals surface area contributed by atoms with Crippen LogP contribution in [0.15, 0.2) is 54.3 Å². The number of carbonyl (C=O) groups excluding carboxylic acids is 4. The Bertz CT molecular complexity index is 2200. The van der Waals surface area contributed by atoms with Crippen LogP contribution < -0.4 is 10.6 Å². The number of hydrogen-bond acceptors (Lipinski definition) is 9. The summed E-state index contributed by atoms with van der Waals surface area (Å²) >= 11 is 1.65. The molecule has 5 aromatic rings. The molecule has 7 rings (SSSR count). The molecule has 0 bridgehead atoms. The number of alkyl carbamates (subject to hydrolysis) is 2. The fourth-order valence-corrected chi connectivity index (χ4v) is 8.88. The van der Waals surface area contributed by atoms with E-state index in [1.165, 1.54) is 14.2 Å². The number of nitrogens with one attached hydrogen (secondary N) is 4. The number of nitrogens with zero attached hydrogens (tertiary/aromatic N) is 5. The van der Waals surface area contributed by atoms with Crippen LogP contribution in [0.4, 0.5) is 9.59 Å². The second-order valence-electron chi connectivity index (χ2n) is 15.1. The van der Waals surface area contributed by atoms with Gasteiger partial charge in [-0.15, -0.1) is 11.3 Å². The summed E-state index contributed by atoms with van der Waals surface area (Å²) < 4.78 is 11.7. The van der Waals surface area contributed by atoms with E-state index in [9.17, 15) is 19.2 Å². The summed E-state index contributed by atoms with van der Waals surface area (Å²) in [5.74, 6) is 0.948. The van der Waals surface area contributed by atoms with E-state index in [-0.39, 0.29) is 35.7 Å². The molecule has 4 atom stereocenters. The number of H-pyrrole nitrogens is 2. The van der Waals surface area contributed by atoms with Crippen molar-refractivity contribution in [2.45, 2.75) is 77.5 Å². The molecule has 15 nitrogen and oxygen atoms in total. The Balaban J connectivity index is 1.05. The lowest BCUT2D eigenvalue weighted by Gasteiger charge is -2.30. The standard InChI is InChI=1S/C40H49N9O6S/c1-22(2)32(45-39(52)54-5)36(50)48-16-7-9-30(48)34-41-19-28(43-34)24-11-13-25(14-12-24)47-18-15-26-27(21-56-38(26)47)29-20-42-35(44-29)31-10-8-17-49(31)37(51)33(23(3)4)46-40(53)55-6/h11-15,18-23,30-33H,7-10,16-17H2,1-6H3,(H,41,43)(H,42,44)(H,45,52)(H,46,53)/t30?,31?,32-,33-/m0/s1. The first-order chi connectivity index (χ1) is 27.0. The lowest BCUT2D eigenvalue weighted by molar-refractivity contribution is -0.136. The largest absolute Gasteiger partial charge is 0.453 e. The van der Waals surface area contributed by atoms with Gasteiger partial charge in [0.1, 0.15) is 28.6 Å². The van der Waals surface area contributed by atoms with Gasteiger partial charge in [-0.3, -0.25) is 9.59 Å². The van der Waals surface area contributed by atoms with E-state index in [0.717, 1.165) is 75.8 Å². The highest BCUT2D eigenvalue weighted by Crippen LogP contribution is 2.38. The minimum absolute atomic E-state index is 0.108. The summed E-state index contributed by atoms with van der Waals surface area (Å²) in [5, 5.41) is 8.61. The Morgan fingerprint density at radius 3 is 1.80 bits per heavy atom. The zero-order valence-electron chi connectivity index (χ0n) is 32.5. The maximum Gasteiger partial charge on any atom is 0.407 e. The lowest BCUT2D eigenvalue weighted by Crippen LogP contribution is -2.51. The van der Waals surface area contributed by atoms with Crippen LogP contribution >= 0.6 is 11.3 Å². The fourth-order valence-electron chi connectivity index (χ4n) is 7.82. The highest BCUT2D eigenvalue weighted by atomic mass is 32.1. The molecule has 16 heteroatoms. The smallest absolute Gasteiger partial charge is 0.407 e. The zero-order valence-corrected chi connectivity index (χ0v) is 33.3. The van der Waals surface area contributed by atoms with Crippen molar-refractivity contribution in [3.05, 3.63) is 66.0 Å². The van der Waals surface area contributed by atoms with Gasteiger partial charge in [0.2, 0.25) is 11.8 Å². The number of aromatic amines is 2. The Labute approximate surface area is 329 Å². The number of amides is 4. The molecule has 6 heterocycles. The van der Waals surface area contributed by atoms with Crippen LogP contribution in [0, 0.1) is 11.8 Å². The molecule has 2 aliphatic rings. The molecule has 0 saturated carbocycles. The molecule has 2 unspecified atom stereocenters. The molecule has 4 aromatic heterocycles. The van der Waals surface area contributed by atoms with E-state index in [1.54, 1.807) is 17.5 Å². The normalized spacial score (nSPS) is 18.1. The molecule has 2 saturated heterocycles. The number of aromatic nitrogens is 5. The molecule has 0 aliphatic carbocycles. The predicted molar refractivity (Wildman–Crippen MR) is 212 cm³/mol. The molecular weight excluding hydrogens is 735 g/mol. The summed E-state index contributed by atoms with van der Waals surface area (Å²) in [6.07, 6.45) is 7.70. The number of methoxy groups -OCH3 is 2. The van der Waals surface area contributed by atoms with E-state index < -0.39 is 24.3 Å². The first-order valence-corrected chi connectivity index (χ1v) is 20.0. The number of carbonyl (C=O) groups is 4. The molecular formula is C40H49N9O6S. The van der Waals surface area contributed by atoms with E-state index in [2.05, 4.69) is 72.1 Å². The second-order valence-corrected chi connectivity index (χ2v) is 15.9. The summed E-state index contributed by atoms with van der Waals surface area (Å²) in [4.78, 5) is 72.2. The van der Waals surface area contributed by atoms with Gasteiger partial charge in [-0.2, -0.15) is 0 Å². The Morgan fingerprint density at radius 2 is 1.29 bits per heavy atom. The second kappa shape index (κ2) is 16.2. The summed E-state index contributed by atoms with van der Waals surface area (Å²) in [6.45, 7) is 8.79. The average Bonchev–Trinajstić information content (AvgIpc) is 4.04. The van der Waals surface area contributed by atoms with Crippen molar-refractivity contribution in [3.63, 3.8) is 0 Å². The highest BCUT2D eigenvalue weighted by molar-refractivity contribution is 7.17. The third-order valence-corrected chi connectivity index (χ3v) is 11.8. The monoisotopic (exact) mass is 783 g/mol. The zero-order chi connectivity index (χ0) is 39.7. The SMILES string of the molecule is COC(=O)N[C@H](C(=O)N1CCCC1c1ncc(-c2ccc(-n3ccc4c(-c5cnc(C6CCCN6C(=O)[C@@H](NC(=O)OC)C(C)C)[nH]5)csc43)cc2)[nH]1)C(C)C. The van der Waals surface area contributed by atoms with Crippen molar-refractivity contribution in [1.82, 2.24) is 44.9 Å². The number of fused-ring (bicyclic) bond motifs is 1. The van der Waals surface area contributed by atoms with Gasteiger partial charge >= 0.3 is 12.2 Å². The van der Waals surface area contributed by atoms with E-state index in [4.69, 9.17) is 14.5 Å². The van der Waals surface area contributed by atoms with Gasteiger partial charge in [-0.05, 0) is 61.3 Å². The third-order valence-electron chi connectivity index (χ3n) is 10.8. The van der Waals surface area contributed by atoms with Gasteiger partial charge in [0.15, 0.2) is 0 Å². The average molecular weight is 784 g/mol. The summed E-state index contributed by atoms with van der Waals surface area (Å²) in [5.41, 5.74) is 4.74. The van der Waals surface area contributed by atoms with Crippen LogP contribution in [0.2, 0.25) is 0 Å². The molecule has 4 N–H and O–H groups in total. The molecule has 1 aromatic carbocycles. The maximum absolute atomic E-state index is 13.6. The Hall–Kier alpha value is -5.64. The van der Waals surface area contributed by atoms with Gasteiger partial charge < -0.3 is 44.4 Å². The van der Waals surface area contributed by atoms with Crippen molar-refractivity contribution in [1.29, 1.82) is 0 Å². The number of benzene rings is 1. The molecule has 0 radical (unpaired) electrons.